The SMILES string of the molecule is CCCO[C@@H]1CCCN(C(=O)c2c[nH]c(=O)cn2)C1. The topological polar surface area (TPSA) is 75.3 Å². The van der Waals surface area contributed by atoms with Crippen molar-refractivity contribution >= 4 is 5.91 Å². The summed E-state index contributed by atoms with van der Waals surface area (Å²) >= 11 is 0. The van der Waals surface area contributed by atoms with Crippen molar-refractivity contribution in [2.45, 2.75) is 32.3 Å². The van der Waals surface area contributed by atoms with Crippen molar-refractivity contribution in [3.63, 3.8) is 0 Å². The summed E-state index contributed by atoms with van der Waals surface area (Å²) in [6, 6.07) is 0. The second kappa shape index (κ2) is 6.47. The number of amides is 1. The van der Waals surface area contributed by atoms with E-state index >= 15 is 0 Å². The molecule has 0 aliphatic carbocycles. The smallest absolute Gasteiger partial charge is 0.274 e. The van der Waals surface area contributed by atoms with Crippen molar-refractivity contribution in [3.8, 4) is 0 Å². The van der Waals surface area contributed by atoms with Crippen LogP contribution in [0.4, 0.5) is 0 Å². The van der Waals surface area contributed by atoms with Crippen LogP contribution < -0.4 is 5.56 Å². The lowest BCUT2D eigenvalue weighted by Gasteiger charge is -2.32. The Morgan fingerprint density at radius 2 is 2.47 bits per heavy atom. The Morgan fingerprint density at radius 3 is 3.16 bits per heavy atom. The van der Waals surface area contributed by atoms with Gasteiger partial charge in [0.15, 0.2) is 0 Å². The molecule has 1 aromatic heterocycles. The van der Waals surface area contributed by atoms with E-state index < -0.39 is 0 Å². The first-order valence-corrected chi connectivity index (χ1v) is 6.66. The first-order chi connectivity index (χ1) is 9.20. The summed E-state index contributed by atoms with van der Waals surface area (Å²) in [7, 11) is 0. The van der Waals surface area contributed by atoms with Crippen LogP contribution in [0.25, 0.3) is 0 Å². The molecule has 1 saturated heterocycles. The lowest BCUT2D eigenvalue weighted by molar-refractivity contribution is 0.00190. The van der Waals surface area contributed by atoms with Crippen LogP contribution in [0, 0.1) is 0 Å². The normalized spacial score (nSPS) is 19.4. The molecule has 0 aromatic carbocycles. The van der Waals surface area contributed by atoms with Crippen molar-refractivity contribution in [1.29, 1.82) is 0 Å². The summed E-state index contributed by atoms with van der Waals surface area (Å²) < 4.78 is 5.70. The van der Waals surface area contributed by atoms with Crippen LogP contribution >= 0.6 is 0 Å². The highest BCUT2D eigenvalue weighted by Gasteiger charge is 2.25. The fourth-order valence-electron chi connectivity index (χ4n) is 2.16. The van der Waals surface area contributed by atoms with Crippen LogP contribution in [0.5, 0.6) is 0 Å². The number of likely N-dealkylation sites (tertiary alicyclic amines) is 1. The van der Waals surface area contributed by atoms with E-state index in [-0.39, 0.29) is 23.3 Å². The zero-order chi connectivity index (χ0) is 13.7. The summed E-state index contributed by atoms with van der Waals surface area (Å²) in [6.07, 6.45) is 5.50. The quantitative estimate of drug-likeness (QED) is 0.873. The molecule has 0 bridgehead atoms. The van der Waals surface area contributed by atoms with Crippen molar-refractivity contribution in [1.82, 2.24) is 14.9 Å². The molecule has 1 fully saturated rings. The number of ether oxygens (including phenoxy) is 1. The summed E-state index contributed by atoms with van der Waals surface area (Å²) in [5, 5.41) is 0. The number of hydrogen-bond donors (Lipinski definition) is 1. The van der Waals surface area contributed by atoms with Gasteiger partial charge in [0.1, 0.15) is 5.69 Å². The van der Waals surface area contributed by atoms with Gasteiger partial charge in [-0.05, 0) is 19.3 Å². The average molecular weight is 265 g/mol. The van der Waals surface area contributed by atoms with Gasteiger partial charge in [-0.1, -0.05) is 6.92 Å². The van der Waals surface area contributed by atoms with Crippen LogP contribution in [0.1, 0.15) is 36.7 Å². The van der Waals surface area contributed by atoms with E-state index in [1.807, 2.05) is 0 Å². The lowest BCUT2D eigenvalue weighted by Crippen LogP contribution is -2.43. The minimum Gasteiger partial charge on any atom is -0.376 e. The minimum absolute atomic E-state index is 0.111. The summed E-state index contributed by atoms with van der Waals surface area (Å²) in [4.78, 5) is 31.2. The van der Waals surface area contributed by atoms with Crippen molar-refractivity contribution in [2.24, 2.45) is 0 Å². The predicted octanol–water partition coefficient (Wildman–Crippen LogP) is 0.801. The molecule has 1 atom stereocenters. The zero-order valence-corrected chi connectivity index (χ0v) is 11.1. The van der Waals surface area contributed by atoms with Gasteiger partial charge in [-0.2, -0.15) is 0 Å². The largest absolute Gasteiger partial charge is 0.376 e. The molecule has 2 rings (SSSR count). The van der Waals surface area contributed by atoms with E-state index in [2.05, 4.69) is 16.9 Å². The first-order valence-electron chi connectivity index (χ1n) is 6.66. The van der Waals surface area contributed by atoms with Crippen LogP contribution in [-0.2, 0) is 4.74 Å². The zero-order valence-electron chi connectivity index (χ0n) is 11.1. The number of aromatic amines is 1. The Labute approximate surface area is 111 Å². The molecule has 1 N–H and O–H groups in total. The summed E-state index contributed by atoms with van der Waals surface area (Å²) in [5.41, 5.74) is -0.0323. The molecular weight excluding hydrogens is 246 g/mol. The van der Waals surface area contributed by atoms with Crippen LogP contribution in [0.15, 0.2) is 17.2 Å². The van der Waals surface area contributed by atoms with Gasteiger partial charge in [0.25, 0.3) is 11.5 Å². The van der Waals surface area contributed by atoms with E-state index in [1.54, 1.807) is 4.90 Å². The number of rotatable bonds is 4. The minimum atomic E-state index is -0.306. The van der Waals surface area contributed by atoms with Gasteiger partial charge in [0, 0.05) is 25.9 Å². The Kier molecular flexibility index (Phi) is 4.68. The average Bonchev–Trinajstić information content (AvgIpc) is 2.45. The molecule has 1 amide bonds. The number of hydrogen-bond acceptors (Lipinski definition) is 4. The van der Waals surface area contributed by atoms with Gasteiger partial charge in [-0.15, -0.1) is 0 Å². The Bertz CT molecular complexity index is 466. The number of nitrogens with one attached hydrogen (secondary N) is 1. The van der Waals surface area contributed by atoms with E-state index in [9.17, 15) is 9.59 Å². The fraction of sp³-hybridized carbons (Fsp3) is 0.615. The third-order valence-corrected chi connectivity index (χ3v) is 3.11. The molecule has 6 heteroatoms. The molecule has 0 unspecified atom stereocenters. The maximum atomic E-state index is 12.2. The van der Waals surface area contributed by atoms with E-state index in [0.717, 1.165) is 32.1 Å². The maximum Gasteiger partial charge on any atom is 0.274 e. The molecule has 1 aliphatic heterocycles. The molecule has 1 aromatic rings. The highest BCUT2D eigenvalue weighted by Crippen LogP contribution is 2.15. The molecule has 104 valence electrons. The van der Waals surface area contributed by atoms with Crippen LogP contribution in [0.3, 0.4) is 0 Å². The molecule has 0 spiro atoms. The molecule has 0 radical (unpaired) electrons. The Hall–Kier alpha value is -1.69. The summed E-state index contributed by atoms with van der Waals surface area (Å²) in [5.74, 6) is -0.152. The van der Waals surface area contributed by atoms with Gasteiger partial charge < -0.3 is 14.6 Å². The molecular formula is C13H19N3O3. The van der Waals surface area contributed by atoms with Gasteiger partial charge in [0.2, 0.25) is 0 Å². The number of nitrogens with zero attached hydrogens (tertiary/aromatic N) is 2. The first kappa shape index (κ1) is 13.7. The molecule has 19 heavy (non-hydrogen) atoms. The molecule has 2 heterocycles. The summed E-state index contributed by atoms with van der Waals surface area (Å²) in [6.45, 7) is 4.10. The third kappa shape index (κ3) is 3.64. The van der Waals surface area contributed by atoms with Crippen molar-refractivity contribution < 1.29 is 9.53 Å². The van der Waals surface area contributed by atoms with Gasteiger partial charge >= 0.3 is 0 Å². The molecule has 0 saturated carbocycles. The third-order valence-electron chi connectivity index (χ3n) is 3.11. The van der Waals surface area contributed by atoms with Crippen molar-refractivity contribution in [3.05, 3.63) is 28.4 Å². The fourth-order valence-corrected chi connectivity index (χ4v) is 2.16. The maximum absolute atomic E-state index is 12.2. The van der Waals surface area contributed by atoms with E-state index in [0.29, 0.717) is 13.1 Å². The van der Waals surface area contributed by atoms with Crippen LogP contribution in [0.2, 0.25) is 0 Å². The number of aromatic nitrogens is 2. The standard InChI is InChI=1S/C13H19N3O3/c1-2-6-19-10-4-3-5-16(9-10)13(18)11-7-15-12(17)8-14-11/h7-8,10H,2-6,9H2,1H3,(H,15,17)/t10-/m1/s1. The van der Waals surface area contributed by atoms with Gasteiger partial charge in [-0.3, -0.25) is 9.59 Å². The van der Waals surface area contributed by atoms with Crippen molar-refractivity contribution in [2.75, 3.05) is 19.7 Å². The predicted molar refractivity (Wildman–Crippen MR) is 70.0 cm³/mol. The monoisotopic (exact) mass is 265 g/mol. The van der Waals surface area contributed by atoms with Crippen LogP contribution in [-0.4, -0.2) is 46.6 Å². The molecule has 6 nitrogen and oxygen atoms in total. The molecule has 1 aliphatic rings. The number of carbonyl (C=O) groups is 1. The van der Waals surface area contributed by atoms with E-state index in [1.165, 1.54) is 6.20 Å². The van der Waals surface area contributed by atoms with Gasteiger partial charge in [0.05, 0.1) is 12.3 Å². The Balaban J connectivity index is 1.98. The second-order valence-corrected chi connectivity index (χ2v) is 4.68. The number of H-pyrrole nitrogens is 1. The van der Waals surface area contributed by atoms with Gasteiger partial charge in [-0.25, -0.2) is 4.98 Å². The highest BCUT2D eigenvalue weighted by molar-refractivity contribution is 5.92. The van der Waals surface area contributed by atoms with E-state index in [4.69, 9.17) is 4.74 Å². The number of piperidine rings is 1. The highest BCUT2D eigenvalue weighted by atomic mass is 16.5. The second-order valence-electron chi connectivity index (χ2n) is 4.68. The Morgan fingerprint density at radius 1 is 1.63 bits per heavy atom. The lowest BCUT2D eigenvalue weighted by atomic mass is 10.1. The number of carbonyl (C=O) groups excluding carboxylic acids is 1.